The van der Waals surface area contributed by atoms with Gasteiger partial charge in [0, 0.05) is 24.9 Å². The van der Waals surface area contributed by atoms with E-state index in [4.69, 9.17) is 4.52 Å². The number of halogens is 1. The Morgan fingerprint density at radius 1 is 1.58 bits per heavy atom. The first-order chi connectivity index (χ1) is 8.76. The Morgan fingerprint density at radius 3 is 2.79 bits per heavy atom. The summed E-state index contributed by atoms with van der Waals surface area (Å²) in [5.41, 5.74) is 0.712. The van der Waals surface area contributed by atoms with Crippen LogP contribution < -0.4 is 4.90 Å². The van der Waals surface area contributed by atoms with E-state index in [1.54, 1.807) is 6.07 Å². The van der Waals surface area contributed by atoms with E-state index in [-0.39, 0.29) is 30.7 Å². The van der Waals surface area contributed by atoms with Crippen LogP contribution in [-0.4, -0.2) is 31.8 Å². The molecule has 106 valence electrons. The van der Waals surface area contributed by atoms with Crippen molar-refractivity contribution in [1.29, 1.82) is 0 Å². The molecular weight excluding hydrogens is 275 g/mol. The van der Waals surface area contributed by atoms with Gasteiger partial charge in [0.1, 0.15) is 0 Å². The van der Waals surface area contributed by atoms with Gasteiger partial charge in [0.25, 0.3) is 0 Å². The number of carbonyl (C=O) groups excluding carboxylic acids is 1. The van der Waals surface area contributed by atoms with Gasteiger partial charge in [-0.05, 0) is 5.92 Å². The molecule has 1 aliphatic heterocycles. The molecule has 0 aromatic carbocycles. The smallest absolute Gasteiger partial charge is 0.302 e. The monoisotopic (exact) mass is 290 g/mol. The molecule has 1 unspecified atom stereocenters. The molecule has 1 fully saturated rings. The predicted molar refractivity (Wildman–Crippen MR) is 65.9 cm³/mol. The molecule has 0 spiro atoms. The molecule has 0 bridgehead atoms. The molecular formula is C11H15FN2O4S. The van der Waals surface area contributed by atoms with E-state index in [0.717, 1.165) is 0 Å². The van der Waals surface area contributed by atoms with Crippen molar-refractivity contribution >= 4 is 22.0 Å². The van der Waals surface area contributed by atoms with Crippen molar-refractivity contribution in [2.45, 2.75) is 26.2 Å². The Balaban J connectivity index is 2.11. The first kappa shape index (κ1) is 14.0. The van der Waals surface area contributed by atoms with Crippen molar-refractivity contribution in [3.8, 4) is 0 Å². The summed E-state index contributed by atoms with van der Waals surface area (Å²) in [5.74, 6) is -1.01. The highest BCUT2D eigenvalue weighted by molar-refractivity contribution is 7.86. The molecule has 1 atom stereocenters. The lowest BCUT2D eigenvalue weighted by molar-refractivity contribution is -0.117. The molecule has 6 nitrogen and oxygen atoms in total. The van der Waals surface area contributed by atoms with Crippen LogP contribution in [0.5, 0.6) is 0 Å². The number of carbonyl (C=O) groups is 1. The molecule has 1 amide bonds. The molecule has 0 radical (unpaired) electrons. The van der Waals surface area contributed by atoms with E-state index < -0.39 is 21.9 Å². The third-order valence-electron chi connectivity index (χ3n) is 3.01. The minimum absolute atomic E-state index is 0.000855. The lowest BCUT2D eigenvalue weighted by Crippen LogP contribution is -2.24. The third kappa shape index (κ3) is 3.31. The summed E-state index contributed by atoms with van der Waals surface area (Å²) < 4.78 is 38.9. The van der Waals surface area contributed by atoms with Gasteiger partial charge in [-0.25, -0.2) is 0 Å². The van der Waals surface area contributed by atoms with Gasteiger partial charge >= 0.3 is 10.2 Å². The van der Waals surface area contributed by atoms with Crippen LogP contribution in [0.15, 0.2) is 10.6 Å². The predicted octanol–water partition coefficient (Wildman–Crippen LogP) is 1.45. The number of rotatable bonds is 4. The summed E-state index contributed by atoms with van der Waals surface area (Å²) in [6, 6.07) is 1.65. The van der Waals surface area contributed by atoms with E-state index >= 15 is 0 Å². The summed E-state index contributed by atoms with van der Waals surface area (Å²) in [4.78, 5) is 13.1. The van der Waals surface area contributed by atoms with Crippen molar-refractivity contribution in [2.24, 2.45) is 5.92 Å². The highest BCUT2D eigenvalue weighted by Gasteiger charge is 2.35. The number of hydrogen-bond acceptors (Lipinski definition) is 5. The highest BCUT2D eigenvalue weighted by atomic mass is 32.3. The Bertz CT molecular complexity index is 581. The normalized spacial score (nSPS) is 20.5. The minimum atomic E-state index is -4.57. The van der Waals surface area contributed by atoms with Crippen molar-refractivity contribution < 1.29 is 21.6 Å². The maximum atomic E-state index is 12.6. The fraction of sp³-hybridized carbons (Fsp3) is 0.636. The van der Waals surface area contributed by atoms with Crippen LogP contribution in [0.3, 0.4) is 0 Å². The lowest BCUT2D eigenvalue weighted by Gasteiger charge is -2.11. The largest absolute Gasteiger partial charge is 0.338 e. The number of anilines is 1. The van der Waals surface area contributed by atoms with Gasteiger partial charge in [-0.15, -0.1) is 3.89 Å². The fourth-order valence-electron chi connectivity index (χ4n) is 2.07. The average molecular weight is 290 g/mol. The molecule has 1 saturated heterocycles. The fourth-order valence-corrected chi connectivity index (χ4v) is 2.85. The second kappa shape index (κ2) is 4.92. The zero-order valence-electron chi connectivity index (χ0n) is 10.7. The van der Waals surface area contributed by atoms with Gasteiger partial charge in [0.05, 0.1) is 11.4 Å². The first-order valence-electron chi connectivity index (χ1n) is 5.95. The summed E-state index contributed by atoms with van der Waals surface area (Å²) in [6.07, 6.45) is 0.000855. The van der Waals surface area contributed by atoms with Crippen LogP contribution in [0.1, 0.15) is 31.9 Å². The van der Waals surface area contributed by atoms with Crippen molar-refractivity contribution in [2.75, 3.05) is 17.2 Å². The molecule has 1 aromatic rings. The summed E-state index contributed by atoms with van der Waals surface area (Å²) in [7, 11) is -4.57. The Hall–Kier alpha value is -1.44. The number of amides is 1. The molecule has 0 N–H and O–H groups in total. The SMILES string of the molecule is CC(C)c1cc(N2CC(CS(=O)(=O)F)CC2=O)on1. The second-order valence-corrected chi connectivity index (χ2v) is 6.44. The Morgan fingerprint density at radius 2 is 2.26 bits per heavy atom. The van der Waals surface area contributed by atoms with Crippen LogP contribution in [-0.2, 0) is 15.0 Å². The molecule has 0 saturated carbocycles. The van der Waals surface area contributed by atoms with Gasteiger partial charge in [0.2, 0.25) is 11.8 Å². The standard InChI is InChI=1S/C11H15FN2O4S/c1-7(2)9-4-11(18-13-9)14-5-8(3-10(14)15)6-19(12,16)17/h4,7-8H,3,5-6H2,1-2H3. The summed E-state index contributed by atoms with van der Waals surface area (Å²) in [6.45, 7) is 4.01. The summed E-state index contributed by atoms with van der Waals surface area (Å²) >= 11 is 0. The average Bonchev–Trinajstić information content (AvgIpc) is 2.82. The topological polar surface area (TPSA) is 80.5 Å². The number of hydrogen-bond donors (Lipinski definition) is 0. The summed E-state index contributed by atoms with van der Waals surface area (Å²) in [5, 5.41) is 3.83. The first-order valence-corrected chi connectivity index (χ1v) is 7.51. The molecule has 1 aliphatic rings. The molecule has 2 heterocycles. The molecule has 8 heteroatoms. The minimum Gasteiger partial charge on any atom is -0.338 e. The molecule has 2 rings (SSSR count). The van der Waals surface area contributed by atoms with Crippen LogP contribution in [0.4, 0.5) is 9.77 Å². The van der Waals surface area contributed by atoms with E-state index in [0.29, 0.717) is 5.69 Å². The van der Waals surface area contributed by atoms with E-state index in [1.807, 2.05) is 13.8 Å². The zero-order chi connectivity index (χ0) is 14.2. The van der Waals surface area contributed by atoms with Gasteiger partial charge in [-0.3, -0.25) is 9.69 Å². The van der Waals surface area contributed by atoms with E-state index in [9.17, 15) is 17.1 Å². The highest BCUT2D eigenvalue weighted by Crippen LogP contribution is 2.28. The number of aromatic nitrogens is 1. The van der Waals surface area contributed by atoms with Crippen molar-refractivity contribution in [3.05, 3.63) is 11.8 Å². The Kier molecular flexibility index (Phi) is 3.62. The van der Waals surface area contributed by atoms with Gasteiger partial charge in [-0.1, -0.05) is 19.0 Å². The Labute approximate surface area is 110 Å². The van der Waals surface area contributed by atoms with E-state index in [2.05, 4.69) is 5.16 Å². The van der Waals surface area contributed by atoms with Gasteiger partial charge < -0.3 is 4.52 Å². The van der Waals surface area contributed by atoms with Crippen molar-refractivity contribution in [1.82, 2.24) is 5.16 Å². The maximum absolute atomic E-state index is 12.6. The molecule has 0 aliphatic carbocycles. The molecule has 1 aromatic heterocycles. The van der Waals surface area contributed by atoms with Gasteiger partial charge in [-0.2, -0.15) is 8.42 Å². The second-order valence-electron chi connectivity index (χ2n) is 5.02. The van der Waals surface area contributed by atoms with Gasteiger partial charge in [0.15, 0.2) is 0 Å². The van der Waals surface area contributed by atoms with Crippen LogP contribution in [0.2, 0.25) is 0 Å². The third-order valence-corrected chi connectivity index (χ3v) is 3.88. The number of nitrogens with zero attached hydrogens (tertiary/aromatic N) is 2. The quantitative estimate of drug-likeness (QED) is 0.784. The maximum Gasteiger partial charge on any atom is 0.302 e. The lowest BCUT2D eigenvalue weighted by atomic mass is 10.1. The van der Waals surface area contributed by atoms with E-state index in [1.165, 1.54) is 4.90 Å². The molecule has 19 heavy (non-hydrogen) atoms. The zero-order valence-corrected chi connectivity index (χ0v) is 11.5. The van der Waals surface area contributed by atoms with Crippen LogP contribution >= 0.6 is 0 Å². The van der Waals surface area contributed by atoms with Crippen LogP contribution in [0, 0.1) is 5.92 Å². The van der Waals surface area contributed by atoms with Crippen molar-refractivity contribution in [3.63, 3.8) is 0 Å². The van der Waals surface area contributed by atoms with Crippen LogP contribution in [0.25, 0.3) is 0 Å².